The van der Waals surface area contributed by atoms with Gasteiger partial charge in [-0.05, 0) is 77.0 Å². The zero-order chi connectivity index (χ0) is 29.6. The minimum absolute atomic E-state index is 0.132. The summed E-state index contributed by atoms with van der Waals surface area (Å²) in [7, 11) is 0. The Kier molecular flexibility index (Phi) is 8.58. The summed E-state index contributed by atoms with van der Waals surface area (Å²) in [5, 5.41) is 15.9. The number of aromatic amines is 1. The predicted molar refractivity (Wildman–Crippen MR) is 167 cm³/mol. The number of non-ortho nitro benzene ring substituents is 1. The highest BCUT2D eigenvalue weighted by atomic mass is 127. The first kappa shape index (κ1) is 28.5. The molecule has 42 heavy (non-hydrogen) atoms. The third kappa shape index (κ3) is 6.15. The van der Waals surface area contributed by atoms with Gasteiger partial charge < -0.3 is 14.5 Å². The van der Waals surface area contributed by atoms with Gasteiger partial charge in [-0.3, -0.25) is 14.9 Å². The summed E-state index contributed by atoms with van der Waals surface area (Å²) in [6.45, 7) is 2.09. The van der Waals surface area contributed by atoms with Crippen LogP contribution >= 0.6 is 22.6 Å². The molecular formula is C31H23IN4O6. The number of nitrogens with zero attached hydrogens (tertiary/aromatic N) is 2. The molecule has 0 atom stereocenters. The second-order valence-corrected chi connectivity index (χ2v) is 10.1. The van der Waals surface area contributed by atoms with E-state index < -0.39 is 16.8 Å². The molecule has 0 aliphatic carbocycles. The highest BCUT2D eigenvalue weighted by molar-refractivity contribution is 14.1. The molecule has 0 saturated carbocycles. The lowest BCUT2D eigenvalue weighted by Gasteiger charge is -2.11. The van der Waals surface area contributed by atoms with Crippen molar-refractivity contribution in [1.29, 1.82) is 0 Å². The average Bonchev–Trinajstić information content (AvgIpc) is 3.40. The second kappa shape index (κ2) is 12.6. The molecule has 4 aromatic carbocycles. The number of ether oxygens (including phenoxy) is 2. The Labute approximate surface area is 253 Å². The van der Waals surface area contributed by atoms with Gasteiger partial charge >= 0.3 is 5.97 Å². The fraction of sp³-hybridized carbons (Fsp3) is 0.0645. The number of hydrazone groups is 1. The Morgan fingerprint density at radius 1 is 1.00 bits per heavy atom. The molecule has 5 aromatic rings. The van der Waals surface area contributed by atoms with Crippen LogP contribution in [0.1, 0.15) is 33.3 Å². The molecule has 0 aliphatic rings. The minimum atomic E-state index is -0.693. The number of fused-ring (bicyclic) bond motifs is 1. The van der Waals surface area contributed by atoms with Gasteiger partial charge in [0.25, 0.3) is 11.6 Å². The summed E-state index contributed by atoms with van der Waals surface area (Å²) in [4.78, 5) is 39.5. The third-order valence-corrected chi connectivity index (χ3v) is 7.14. The molecule has 0 unspecified atom stereocenters. The van der Waals surface area contributed by atoms with Gasteiger partial charge in [-0.15, -0.1) is 0 Å². The van der Waals surface area contributed by atoms with Gasteiger partial charge in [0.2, 0.25) is 0 Å². The van der Waals surface area contributed by atoms with Gasteiger partial charge in [0.15, 0.2) is 11.5 Å². The molecule has 0 bridgehead atoms. The van der Waals surface area contributed by atoms with Crippen LogP contribution in [0.15, 0.2) is 96.1 Å². The van der Waals surface area contributed by atoms with Crippen LogP contribution in [-0.4, -0.2) is 34.6 Å². The van der Waals surface area contributed by atoms with E-state index in [-0.39, 0.29) is 17.0 Å². The molecule has 5 rings (SSSR count). The first-order valence-corrected chi connectivity index (χ1v) is 13.9. The molecule has 0 saturated heterocycles. The van der Waals surface area contributed by atoms with E-state index in [9.17, 15) is 19.7 Å². The number of H-pyrrole nitrogens is 1. The maximum absolute atomic E-state index is 13.3. The number of amides is 1. The van der Waals surface area contributed by atoms with E-state index in [4.69, 9.17) is 9.47 Å². The molecule has 1 amide bonds. The summed E-state index contributed by atoms with van der Waals surface area (Å²) in [5.41, 5.74) is 6.14. The van der Waals surface area contributed by atoms with Crippen molar-refractivity contribution in [3.63, 3.8) is 0 Å². The van der Waals surface area contributed by atoms with Gasteiger partial charge in [-0.1, -0.05) is 42.5 Å². The van der Waals surface area contributed by atoms with Gasteiger partial charge in [-0.25, -0.2) is 10.2 Å². The molecule has 10 nitrogen and oxygen atoms in total. The summed E-state index contributed by atoms with van der Waals surface area (Å²) < 4.78 is 12.1. The number of halogens is 1. The number of nitro benzene ring substituents is 1. The van der Waals surface area contributed by atoms with Crippen LogP contribution in [0.25, 0.3) is 22.0 Å². The normalized spacial score (nSPS) is 11.0. The molecule has 0 radical (unpaired) electrons. The molecule has 0 spiro atoms. The van der Waals surface area contributed by atoms with Crippen LogP contribution < -0.4 is 14.9 Å². The van der Waals surface area contributed by atoms with Crippen LogP contribution in [0.2, 0.25) is 0 Å². The Morgan fingerprint density at radius 2 is 1.76 bits per heavy atom. The number of carbonyl (C=O) groups is 2. The van der Waals surface area contributed by atoms with E-state index >= 15 is 0 Å². The van der Waals surface area contributed by atoms with E-state index in [1.54, 1.807) is 25.1 Å². The smallest absolute Gasteiger partial charge is 0.343 e. The largest absolute Gasteiger partial charge is 0.490 e. The quantitative estimate of drug-likeness (QED) is 0.0445. The van der Waals surface area contributed by atoms with E-state index in [0.29, 0.717) is 23.6 Å². The van der Waals surface area contributed by atoms with Crippen molar-refractivity contribution in [2.24, 2.45) is 5.10 Å². The first-order chi connectivity index (χ1) is 20.4. The molecule has 11 heteroatoms. The first-order valence-electron chi connectivity index (χ1n) is 12.8. The number of esters is 1. The number of para-hydroxylation sites is 1. The van der Waals surface area contributed by atoms with Crippen molar-refractivity contribution >= 4 is 57.3 Å². The number of aromatic nitrogens is 1. The van der Waals surface area contributed by atoms with E-state index in [1.807, 2.05) is 48.5 Å². The monoisotopic (exact) mass is 674 g/mol. The van der Waals surface area contributed by atoms with Crippen LogP contribution in [0.4, 0.5) is 5.69 Å². The molecular weight excluding hydrogens is 651 g/mol. The number of benzene rings is 4. The lowest BCUT2D eigenvalue weighted by atomic mass is 10.0. The summed E-state index contributed by atoms with van der Waals surface area (Å²) in [5.74, 6) is -0.640. The number of nitro groups is 1. The van der Waals surface area contributed by atoms with Crippen LogP contribution in [-0.2, 0) is 0 Å². The Bertz CT molecular complexity index is 1820. The molecule has 210 valence electrons. The summed E-state index contributed by atoms with van der Waals surface area (Å²) in [6, 6.07) is 25.5. The van der Waals surface area contributed by atoms with Crippen LogP contribution in [0.3, 0.4) is 0 Å². The zero-order valence-corrected chi connectivity index (χ0v) is 24.3. The van der Waals surface area contributed by atoms with Gasteiger partial charge in [0.05, 0.1) is 28.8 Å². The lowest BCUT2D eigenvalue weighted by Crippen LogP contribution is -2.19. The third-order valence-electron chi connectivity index (χ3n) is 6.24. The van der Waals surface area contributed by atoms with Crippen molar-refractivity contribution in [2.45, 2.75) is 6.92 Å². The van der Waals surface area contributed by atoms with Crippen molar-refractivity contribution in [1.82, 2.24) is 10.4 Å². The Morgan fingerprint density at radius 3 is 2.48 bits per heavy atom. The van der Waals surface area contributed by atoms with E-state index in [1.165, 1.54) is 30.5 Å². The average molecular weight is 674 g/mol. The molecule has 1 aromatic heterocycles. The molecule has 0 aliphatic heterocycles. The summed E-state index contributed by atoms with van der Waals surface area (Å²) >= 11 is 2.23. The molecule has 1 heterocycles. The van der Waals surface area contributed by atoms with Gasteiger partial charge in [0, 0.05) is 26.7 Å². The lowest BCUT2D eigenvalue weighted by molar-refractivity contribution is -0.384. The molecule has 2 N–H and O–H groups in total. The summed E-state index contributed by atoms with van der Waals surface area (Å²) in [6.07, 6.45) is 1.46. The Balaban J connectivity index is 1.34. The maximum atomic E-state index is 13.3. The second-order valence-electron chi connectivity index (χ2n) is 8.94. The van der Waals surface area contributed by atoms with Crippen molar-refractivity contribution < 1.29 is 24.0 Å². The number of nitrogens with one attached hydrogen (secondary N) is 2. The number of hydrogen-bond acceptors (Lipinski definition) is 7. The number of carbonyl (C=O) groups excluding carboxylic acids is 2. The highest BCUT2D eigenvalue weighted by Crippen LogP contribution is 2.34. The topological polar surface area (TPSA) is 136 Å². The van der Waals surface area contributed by atoms with Crippen molar-refractivity contribution in [3.8, 4) is 22.6 Å². The van der Waals surface area contributed by atoms with E-state index in [2.05, 4.69) is 38.1 Å². The maximum Gasteiger partial charge on any atom is 0.343 e. The standard InChI is InChI=1S/C31H23IN4O6/c1-2-41-26-17-19(11-16-25(26)42-31(38)21-12-14-22(15-13-21)36(39)40)18-33-35-30(37)29-27(20-7-4-3-5-8-20)23-9-6-10-24(32)28(23)34-29/h3-18,34H,2H2,1H3,(H,35,37). The van der Waals surface area contributed by atoms with Crippen molar-refractivity contribution in [2.75, 3.05) is 6.61 Å². The Hall–Kier alpha value is -5.04. The fourth-order valence-corrected chi connectivity index (χ4v) is 4.95. The van der Waals surface area contributed by atoms with Crippen molar-refractivity contribution in [3.05, 3.63) is 122 Å². The fourth-order valence-electron chi connectivity index (χ4n) is 4.31. The number of hydrogen-bond donors (Lipinski definition) is 2. The predicted octanol–water partition coefficient (Wildman–Crippen LogP) is 6.73. The van der Waals surface area contributed by atoms with Gasteiger partial charge in [-0.2, -0.15) is 5.10 Å². The SMILES string of the molecule is CCOc1cc(C=NNC(=O)c2[nH]c3c(I)cccc3c2-c2ccccc2)ccc1OC(=O)c1ccc([N+](=O)[O-])cc1. The highest BCUT2D eigenvalue weighted by Gasteiger charge is 2.20. The molecule has 0 fully saturated rings. The van der Waals surface area contributed by atoms with Crippen LogP contribution in [0, 0.1) is 13.7 Å². The zero-order valence-electron chi connectivity index (χ0n) is 22.2. The minimum Gasteiger partial charge on any atom is -0.490 e. The van der Waals surface area contributed by atoms with E-state index in [0.717, 1.165) is 25.6 Å². The van der Waals surface area contributed by atoms with Crippen LogP contribution in [0.5, 0.6) is 11.5 Å². The van der Waals surface area contributed by atoms with Gasteiger partial charge in [0.1, 0.15) is 5.69 Å². The number of rotatable bonds is 9.